The molecule has 19 heavy (non-hydrogen) atoms. The van der Waals surface area contributed by atoms with E-state index >= 15 is 0 Å². The highest BCUT2D eigenvalue weighted by atomic mass is 19.1. The number of nitrogens with zero attached hydrogens (tertiary/aromatic N) is 3. The third-order valence-electron chi connectivity index (χ3n) is 2.47. The van der Waals surface area contributed by atoms with Crippen LogP contribution in [0.1, 0.15) is 0 Å². The first kappa shape index (κ1) is 12.7. The Kier molecular flexibility index (Phi) is 3.23. The van der Waals surface area contributed by atoms with E-state index in [1.54, 1.807) is 0 Å². The van der Waals surface area contributed by atoms with Gasteiger partial charge in [0.05, 0.1) is 12.0 Å². The molecular weight excluding hydrogens is 255 g/mol. The van der Waals surface area contributed by atoms with E-state index in [1.807, 2.05) is 0 Å². The monoisotopic (exact) mass is 264 g/mol. The maximum absolute atomic E-state index is 14.1. The maximum Gasteiger partial charge on any atom is 0.337 e. The van der Waals surface area contributed by atoms with Crippen molar-refractivity contribution in [2.75, 3.05) is 12.8 Å². The second kappa shape index (κ2) is 4.84. The van der Waals surface area contributed by atoms with Crippen LogP contribution in [0.25, 0.3) is 11.3 Å². The highest BCUT2D eigenvalue weighted by molar-refractivity contribution is 5.76. The lowest BCUT2D eigenvalue weighted by atomic mass is 10.1. The summed E-state index contributed by atoms with van der Waals surface area (Å²) in [5.41, 5.74) is 4.65. The van der Waals surface area contributed by atoms with E-state index in [9.17, 15) is 14.5 Å². The van der Waals surface area contributed by atoms with Crippen molar-refractivity contribution in [3.05, 3.63) is 40.5 Å². The summed E-state index contributed by atoms with van der Waals surface area (Å²) >= 11 is 0. The Balaban J connectivity index is 2.73. The fourth-order valence-corrected chi connectivity index (χ4v) is 1.62. The van der Waals surface area contributed by atoms with Gasteiger partial charge in [0.15, 0.2) is 17.3 Å². The number of nitrogen functional groups attached to an aromatic ring is 1. The molecule has 0 saturated carbocycles. The number of benzene rings is 1. The zero-order chi connectivity index (χ0) is 14.0. The molecule has 1 aromatic carbocycles. The van der Waals surface area contributed by atoms with Gasteiger partial charge in [-0.05, 0) is 12.1 Å². The van der Waals surface area contributed by atoms with E-state index < -0.39 is 16.4 Å². The van der Waals surface area contributed by atoms with E-state index in [0.717, 1.165) is 6.33 Å². The van der Waals surface area contributed by atoms with Crippen molar-refractivity contribution in [2.45, 2.75) is 0 Å². The molecule has 0 radical (unpaired) electrons. The van der Waals surface area contributed by atoms with Crippen molar-refractivity contribution in [1.82, 2.24) is 9.97 Å². The molecule has 0 atom stereocenters. The molecule has 2 aromatic rings. The van der Waals surface area contributed by atoms with Crippen LogP contribution in [0.15, 0.2) is 24.5 Å². The van der Waals surface area contributed by atoms with Crippen LogP contribution in [0.3, 0.4) is 0 Å². The van der Waals surface area contributed by atoms with Crippen LogP contribution in [0.2, 0.25) is 0 Å². The first-order valence-electron chi connectivity index (χ1n) is 5.14. The van der Waals surface area contributed by atoms with Crippen LogP contribution in [0.4, 0.5) is 15.9 Å². The van der Waals surface area contributed by atoms with Crippen LogP contribution < -0.4 is 10.5 Å². The molecular formula is C11H9FN4O3. The molecule has 8 heteroatoms. The summed E-state index contributed by atoms with van der Waals surface area (Å²) in [7, 11) is 1.30. The molecule has 0 aliphatic rings. The third-order valence-corrected chi connectivity index (χ3v) is 2.47. The van der Waals surface area contributed by atoms with Crippen molar-refractivity contribution >= 4 is 11.5 Å². The molecule has 1 aromatic heterocycles. The zero-order valence-corrected chi connectivity index (χ0v) is 9.83. The first-order chi connectivity index (χ1) is 9.06. The fourth-order valence-electron chi connectivity index (χ4n) is 1.62. The topological polar surface area (TPSA) is 104 Å². The lowest BCUT2D eigenvalue weighted by Crippen LogP contribution is -2.03. The number of nitro groups is 1. The minimum Gasteiger partial charge on any atom is -0.494 e. The molecule has 1 heterocycles. The lowest BCUT2D eigenvalue weighted by Gasteiger charge is -2.07. The highest BCUT2D eigenvalue weighted by Gasteiger charge is 2.25. The number of rotatable bonds is 3. The number of ether oxygens (including phenoxy) is 1. The van der Waals surface area contributed by atoms with Crippen molar-refractivity contribution in [3.63, 3.8) is 0 Å². The first-order valence-corrected chi connectivity index (χ1v) is 5.14. The van der Waals surface area contributed by atoms with Crippen LogP contribution in [-0.4, -0.2) is 22.0 Å². The fraction of sp³-hybridized carbons (Fsp3) is 0.0909. The number of aromatic nitrogens is 2. The number of anilines is 1. The van der Waals surface area contributed by atoms with E-state index in [-0.39, 0.29) is 22.8 Å². The smallest absolute Gasteiger partial charge is 0.337 e. The molecule has 0 unspecified atom stereocenters. The largest absolute Gasteiger partial charge is 0.494 e. The number of halogens is 1. The Morgan fingerprint density at radius 1 is 1.42 bits per heavy atom. The summed E-state index contributed by atoms with van der Waals surface area (Å²) in [5.74, 6) is -1.10. The Hall–Kier alpha value is -2.77. The molecule has 2 N–H and O–H groups in total. The van der Waals surface area contributed by atoms with E-state index in [2.05, 4.69) is 9.97 Å². The van der Waals surface area contributed by atoms with Crippen molar-refractivity contribution in [3.8, 4) is 17.0 Å². The van der Waals surface area contributed by atoms with E-state index in [1.165, 1.54) is 25.3 Å². The summed E-state index contributed by atoms with van der Waals surface area (Å²) < 4.78 is 18.9. The SMILES string of the molecule is COc1cccc(-c2ncnc(N)c2[N+](=O)[O-])c1F. The van der Waals surface area contributed by atoms with Gasteiger partial charge in [-0.25, -0.2) is 14.4 Å². The lowest BCUT2D eigenvalue weighted by molar-refractivity contribution is -0.383. The molecule has 0 spiro atoms. The molecule has 98 valence electrons. The van der Waals surface area contributed by atoms with Crippen LogP contribution in [0.5, 0.6) is 5.75 Å². The normalized spacial score (nSPS) is 10.2. The third kappa shape index (κ3) is 2.15. The van der Waals surface area contributed by atoms with Gasteiger partial charge < -0.3 is 10.5 Å². The van der Waals surface area contributed by atoms with Gasteiger partial charge >= 0.3 is 5.69 Å². The number of hydrogen-bond donors (Lipinski definition) is 1. The molecule has 0 saturated heterocycles. The molecule has 2 rings (SSSR count). The molecule has 0 aliphatic carbocycles. The van der Waals surface area contributed by atoms with Gasteiger partial charge in [-0.1, -0.05) is 6.07 Å². The van der Waals surface area contributed by atoms with Crippen molar-refractivity contribution in [2.24, 2.45) is 0 Å². The van der Waals surface area contributed by atoms with Crippen LogP contribution in [-0.2, 0) is 0 Å². The summed E-state index contributed by atoms with van der Waals surface area (Å²) in [5, 5.41) is 11.0. The Morgan fingerprint density at radius 2 is 2.16 bits per heavy atom. The standard InChI is InChI=1S/C11H9FN4O3/c1-19-7-4-2-3-6(8(7)12)9-10(16(17)18)11(13)15-5-14-9/h2-5H,1H3,(H2,13,14,15). The second-order valence-electron chi connectivity index (χ2n) is 3.54. The molecule has 0 aliphatic heterocycles. The van der Waals surface area contributed by atoms with Gasteiger partial charge in [-0.15, -0.1) is 0 Å². The summed E-state index contributed by atoms with van der Waals surface area (Å²) in [4.78, 5) is 17.5. The second-order valence-corrected chi connectivity index (χ2v) is 3.54. The predicted octanol–water partition coefficient (Wildman–Crippen LogP) is 1.78. The van der Waals surface area contributed by atoms with Gasteiger partial charge in [-0.3, -0.25) is 10.1 Å². The average Bonchev–Trinajstić information content (AvgIpc) is 2.38. The van der Waals surface area contributed by atoms with Crippen LogP contribution in [0, 0.1) is 15.9 Å². The molecule has 7 nitrogen and oxygen atoms in total. The average molecular weight is 264 g/mol. The quantitative estimate of drug-likeness (QED) is 0.669. The number of nitrogens with two attached hydrogens (primary N) is 1. The summed E-state index contributed by atoms with van der Waals surface area (Å²) in [6, 6.07) is 4.25. The van der Waals surface area contributed by atoms with Gasteiger partial charge in [0.1, 0.15) is 6.33 Å². The minimum atomic E-state index is -0.746. The molecule has 0 bridgehead atoms. The Bertz CT molecular complexity index is 648. The summed E-state index contributed by atoms with van der Waals surface area (Å²) in [6.07, 6.45) is 1.04. The Labute approximate surface area is 107 Å². The predicted molar refractivity (Wildman–Crippen MR) is 65.0 cm³/mol. The van der Waals surface area contributed by atoms with Crippen molar-refractivity contribution < 1.29 is 14.1 Å². The maximum atomic E-state index is 14.1. The van der Waals surface area contributed by atoms with Gasteiger partial charge in [0, 0.05) is 5.56 Å². The molecule has 0 amide bonds. The van der Waals surface area contributed by atoms with Crippen molar-refractivity contribution in [1.29, 1.82) is 0 Å². The van der Waals surface area contributed by atoms with Gasteiger partial charge in [-0.2, -0.15) is 0 Å². The van der Waals surface area contributed by atoms with Crippen LogP contribution >= 0.6 is 0 Å². The zero-order valence-electron chi connectivity index (χ0n) is 9.83. The Morgan fingerprint density at radius 3 is 2.79 bits per heavy atom. The number of methoxy groups -OCH3 is 1. The van der Waals surface area contributed by atoms with Gasteiger partial charge in [0.2, 0.25) is 5.82 Å². The van der Waals surface area contributed by atoms with Gasteiger partial charge in [0.25, 0.3) is 0 Å². The minimum absolute atomic E-state index is 0.0380. The molecule has 0 fully saturated rings. The van der Waals surface area contributed by atoms with E-state index in [0.29, 0.717) is 0 Å². The van der Waals surface area contributed by atoms with E-state index in [4.69, 9.17) is 10.5 Å². The summed E-state index contributed by atoms with van der Waals surface area (Å²) in [6.45, 7) is 0. The number of hydrogen-bond acceptors (Lipinski definition) is 6. The highest BCUT2D eigenvalue weighted by Crippen LogP contribution is 2.35.